The number of likely N-dealkylation sites (N-methyl/N-ethyl adjacent to an activating group) is 2. The van der Waals surface area contributed by atoms with Gasteiger partial charge in [0.25, 0.3) is 47.3 Å². The number of halogens is 10. The SMILES string of the molecule is CC(C)N1CC2CCCC(C1)C2NC(=O)C(=O)Cc1ccc(Cl)c(F)c1.CC1(C)C=C(C(=O)NC(=O)C(=O)Cc2ccc(Cl)c(F)c2)C(C)(C)N1.CN1C(=O)C(NC(=O)C(=O)Cc2ccc(Cl)c(F)c2)c2ccccc21.CN1CCc2c(sc(N)c2C(=O)NC(=O)C(=O)Cc2ccc(Cl)c(F)c2)C1.Cc1ccc2c(c1)C1=C(CCC(NC(=O)C(=O)Cc3ccc(Cl)c(F)c3)C1)C2. The van der Waals surface area contributed by atoms with Gasteiger partial charge in [-0.25, -0.2) is 22.0 Å². The van der Waals surface area contributed by atoms with Gasteiger partial charge in [-0.15, -0.1) is 11.3 Å². The first kappa shape index (κ1) is 101. The highest BCUT2D eigenvalue weighted by atomic mass is 35.5. The quantitative estimate of drug-likeness (QED) is 0.0260. The van der Waals surface area contributed by atoms with E-state index in [9.17, 15) is 84.3 Å². The molecule has 8 N–H and O–H groups in total. The third-order valence-corrected chi connectivity index (χ3v) is 26.2. The van der Waals surface area contributed by atoms with E-state index in [1.807, 2.05) is 34.7 Å². The summed E-state index contributed by atoms with van der Waals surface area (Å²) in [6.45, 7) is 17.3. The van der Waals surface area contributed by atoms with Gasteiger partial charge in [0.2, 0.25) is 28.9 Å². The largest absolute Gasteiger partial charge is 0.390 e. The number of piperidine rings is 1. The second-order valence-corrected chi connectivity index (χ2v) is 37.9. The average molecular weight is 1920 g/mol. The van der Waals surface area contributed by atoms with Gasteiger partial charge >= 0.3 is 0 Å². The molecule has 0 spiro atoms. The van der Waals surface area contributed by atoms with Crippen molar-refractivity contribution in [2.24, 2.45) is 11.8 Å². The number of hydrogen-bond acceptors (Lipinski definition) is 18. The number of allylic oxidation sites excluding steroid dienone is 1. The Morgan fingerprint density at radius 2 is 0.992 bits per heavy atom. The molecule has 15 rings (SSSR count). The van der Waals surface area contributed by atoms with Crippen LogP contribution in [0.3, 0.4) is 0 Å². The Labute approximate surface area is 783 Å². The second kappa shape index (κ2) is 43.6. The molecule has 1 saturated heterocycles. The van der Waals surface area contributed by atoms with E-state index >= 15 is 0 Å². The fourth-order valence-electron chi connectivity index (χ4n) is 17.1. The highest BCUT2D eigenvalue weighted by Crippen LogP contribution is 2.43. The molecule has 1 saturated carbocycles. The number of benzene rings is 7. The zero-order valence-corrected chi connectivity index (χ0v) is 77.8. The summed E-state index contributed by atoms with van der Waals surface area (Å²) >= 11 is 29.4. The Morgan fingerprint density at radius 3 is 1.44 bits per heavy atom. The lowest BCUT2D eigenvalue weighted by atomic mass is 9.73. The first-order chi connectivity index (χ1) is 61.8. The Kier molecular flexibility index (Phi) is 33.5. The molecule has 4 aliphatic heterocycles. The highest BCUT2D eigenvalue weighted by Gasteiger charge is 2.44. The number of imide groups is 2. The Morgan fingerprint density at radius 1 is 0.550 bits per heavy atom. The van der Waals surface area contributed by atoms with Crippen molar-refractivity contribution < 1.29 is 84.3 Å². The highest BCUT2D eigenvalue weighted by molar-refractivity contribution is 7.16. The number of thiophene rings is 1. The molecule has 0 radical (unpaired) electrons. The maximum Gasteiger partial charge on any atom is 0.294 e. The molecule has 2 bridgehead atoms. The number of Topliss-reactive ketones (excluding diaryl/α,β-unsaturated/α-hetero) is 5. The lowest BCUT2D eigenvalue weighted by Crippen LogP contribution is -2.60. The summed E-state index contributed by atoms with van der Waals surface area (Å²) < 4.78 is 67.3. The van der Waals surface area contributed by atoms with Crippen molar-refractivity contribution in [1.29, 1.82) is 0 Å². The van der Waals surface area contributed by atoms with Crippen LogP contribution < -0.4 is 42.5 Å². The smallest absolute Gasteiger partial charge is 0.294 e. The summed E-state index contributed by atoms with van der Waals surface area (Å²) in [5.41, 5.74) is 16.2. The minimum Gasteiger partial charge on any atom is -0.390 e. The molecule has 3 aliphatic carbocycles. The molecule has 8 amide bonds. The number of para-hydroxylation sites is 1. The van der Waals surface area contributed by atoms with E-state index in [2.05, 4.69) is 80.7 Å². The molecule has 7 aliphatic rings. The third kappa shape index (κ3) is 25.9. The standard InChI is InChI=1S/C23H21ClFNO2.C20H26ClFN2O2.C18H17ClFN3O3S.C18H14ClFN2O3.C18H20ClFN2O3/c1-13-2-4-15-11-16-5-6-17(12-19(16)18(15)8-13)26-23(28)22(27)10-14-3-7-20(24)21(25)9-14;1-12(2)24-10-14-4-3-5-15(11-24)19(14)23-20(26)18(25)9-13-6-7-16(21)17(22)8-13;1-23-5-4-10-14(8-23)27-16(21)15(10)18(26)22-17(25)13(24)7-9-2-3-11(19)12(20)6-9;1-22-14-5-3-2-4-11(14)16(18(22)25)21-17(24)15(23)9-10-6-7-12(19)13(20)8-10;1-17(2)9-11(18(3,4)22-17)15(24)21-16(25)14(23)8-10-5-6-12(19)13(20)7-10/h2-4,7-9,17H,5-6,10-12H2,1H3,(H,26,28);6-8,12,14-15,19H,3-5,9-11H2,1-2H3,(H,23,26);2-3,6H,4-5,7-8,21H2,1H3,(H,22,25,26);2-8,16H,9H2,1H3,(H,21,24);5-7,9,22H,8H2,1-4H3,(H,21,24,25). The maximum atomic E-state index is 13.5. The van der Waals surface area contributed by atoms with E-state index in [-0.39, 0.29) is 80.8 Å². The summed E-state index contributed by atoms with van der Waals surface area (Å²) in [6.07, 6.45) is 8.06. The molecule has 4 unspecified atom stereocenters. The fourth-order valence-corrected chi connectivity index (χ4v) is 18.9. The van der Waals surface area contributed by atoms with Crippen molar-refractivity contribution in [1.82, 2.24) is 41.7 Å². The van der Waals surface area contributed by atoms with Crippen LogP contribution >= 0.6 is 69.3 Å². The Balaban J connectivity index is 0.000000158. The van der Waals surface area contributed by atoms with Crippen molar-refractivity contribution in [2.75, 3.05) is 44.4 Å². The number of rotatable bonds is 21. The maximum absolute atomic E-state index is 13.5. The molecule has 1 aromatic heterocycles. The number of hydrogen-bond donors (Lipinski definition) is 7. The summed E-state index contributed by atoms with van der Waals surface area (Å²) in [4.78, 5) is 166. The summed E-state index contributed by atoms with van der Waals surface area (Å²) in [7, 11) is 3.58. The van der Waals surface area contributed by atoms with Crippen LogP contribution in [0.1, 0.15) is 157 Å². The lowest BCUT2D eigenvalue weighted by molar-refractivity contribution is -0.140. The molecular formula is C97H98Cl5F5N10O13S. The van der Waals surface area contributed by atoms with Gasteiger partial charge in [0, 0.05) is 116 Å². The normalized spacial score (nSPS) is 18.3. The number of nitrogens with two attached hydrogens (primary N) is 1. The summed E-state index contributed by atoms with van der Waals surface area (Å²) in [5.74, 6) is -11.7. The molecular weight excluding hydrogens is 1820 g/mol. The topological polar surface area (TPSA) is 330 Å². The molecule has 4 atom stereocenters. The van der Waals surface area contributed by atoms with Crippen LogP contribution in [0.2, 0.25) is 25.1 Å². The fraction of sp³-hybridized carbons (Fsp3) is 0.351. The van der Waals surface area contributed by atoms with Crippen molar-refractivity contribution in [2.45, 2.75) is 174 Å². The first-order valence-corrected chi connectivity index (χ1v) is 45.0. The van der Waals surface area contributed by atoms with Gasteiger partial charge < -0.3 is 36.4 Å². The van der Waals surface area contributed by atoms with Crippen LogP contribution in [0.25, 0.3) is 5.57 Å². The number of aryl methyl sites for hydroxylation is 1. The van der Waals surface area contributed by atoms with Crippen LogP contribution in [0, 0.1) is 47.8 Å². The van der Waals surface area contributed by atoms with Gasteiger partial charge in [-0.05, 0) is 229 Å². The third-order valence-electron chi connectivity index (χ3n) is 23.6. The molecule has 7 aromatic carbocycles. The van der Waals surface area contributed by atoms with Gasteiger partial charge in [0.05, 0.1) is 35.7 Å². The van der Waals surface area contributed by atoms with Crippen molar-refractivity contribution in [3.63, 3.8) is 0 Å². The van der Waals surface area contributed by atoms with Crippen molar-refractivity contribution in [3.05, 3.63) is 271 Å². The molecule has 2 fully saturated rings. The molecule has 34 heteroatoms. The van der Waals surface area contributed by atoms with Crippen molar-refractivity contribution in [3.8, 4) is 0 Å². The number of amides is 8. The number of nitrogen functional groups attached to an aromatic ring is 1. The number of fused-ring (bicyclic) bond motifs is 6. The number of likely N-dealkylation sites (tertiary alicyclic amines) is 1. The van der Waals surface area contributed by atoms with Crippen LogP contribution in [0.15, 0.2) is 151 Å². The second-order valence-electron chi connectivity index (χ2n) is 34.8. The van der Waals surface area contributed by atoms with Gasteiger partial charge in [0.15, 0.2) is 0 Å². The van der Waals surface area contributed by atoms with E-state index in [4.69, 9.17) is 63.7 Å². The van der Waals surface area contributed by atoms with Crippen molar-refractivity contribution >= 4 is 162 Å². The van der Waals surface area contributed by atoms with Gasteiger partial charge in [-0.1, -0.05) is 148 Å². The number of anilines is 2. The summed E-state index contributed by atoms with van der Waals surface area (Å²) in [6, 6.07) is 33.1. The first-order valence-electron chi connectivity index (χ1n) is 42.3. The number of carbonyl (C=O) groups is 13. The minimum atomic E-state index is -1.05. The monoisotopic (exact) mass is 1910 g/mol. The predicted octanol–water partition coefficient (Wildman–Crippen LogP) is 14.7. The predicted molar refractivity (Wildman–Crippen MR) is 492 cm³/mol. The number of carbonyl (C=O) groups excluding carboxylic acids is 13. The van der Waals surface area contributed by atoms with Gasteiger partial charge in [0.1, 0.15) is 35.1 Å². The molecule has 5 heterocycles. The number of nitrogens with one attached hydrogen (secondary N) is 6. The molecule has 131 heavy (non-hydrogen) atoms. The number of nitrogens with zero attached hydrogens (tertiary/aromatic N) is 3. The zero-order chi connectivity index (χ0) is 95.5. The molecule has 690 valence electrons. The minimum absolute atomic E-state index is 0.000910. The van der Waals surface area contributed by atoms with E-state index in [0.29, 0.717) is 80.5 Å². The summed E-state index contributed by atoms with van der Waals surface area (Å²) in [5, 5.41) is 15.9. The van der Waals surface area contributed by atoms with Crippen LogP contribution in [-0.2, 0) is 109 Å². The molecule has 23 nitrogen and oxygen atoms in total. The van der Waals surface area contributed by atoms with E-state index in [1.165, 1.54) is 111 Å². The van der Waals surface area contributed by atoms with Crippen LogP contribution in [0.4, 0.5) is 32.6 Å². The number of ketones is 5. The van der Waals surface area contributed by atoms with E-state index < -0.39 is 116 Å². The van der Waals surface area contributed by atoms with Crippen LogP contribution in [-0.4, -0.2) is 149 Å². The Hall–Kier alpha value is -11.0. The van der Waals surface area contributed by atoms with Gasteiger partial charge in [-0.2, -0.15) is 0 Å². The molecule has 8 aromatic rings. The lowest BCUT2D eigenvalue weighted by Gasteiger charge is -2.48. The van der Waals surface area contributed by atoms with Crippen LogP contribution in [0.5, 0.6) is 0 Å². The average Bonchev–Trinajstić information content (AvgIpc) is 1.69. The van der Waals surface area contributed by atoms with Gasteiger partial charge in [-0.3, -0.25) is 78.3 Å². The Bertz CT molecular complexity index is 5950. The van der Waals surface area contributed by atoms with E-state index in [0.717, 1.165) is 86.8 Å². The zero-order valence-electron chi connectivity index (χ0n) is 73.2. The van der Waals surface area contributed by atoms with E-state index in [1.54, 1.807) is 49.5 Å².